The summed E-state index contributed by atoms with van der Waals surface area (Å²) >= 11 is 0. The fourth-order valence-electron chi connectivity index (χ4n) is 3.07. The van der Waals surface area contributed by atoms with Gasteiger partial charge in [-0.25, -0.2) is 0 Å². The molecule has 0 N–H and O–H groups in total. The number of nitrogens with zero attached hydrogens (tertiary/aromatic N) is 3. The van der Waals surface area contributed by atoms with Crippen molar-refractivity contribution >= 4 is 5.91 Å². The van der Waals surface area contributed by atoms with Gasteiger partial charge < -0.3 is 9.64 Å². The molecule has 0 bridgehead atoms. The number of ether oxygens (including phenoxy) is 1. The second-order valence-corrected chi connectivity index (χ2v) is 5.36. The van der Waals surface area contributed by atoms with Crippen LogP contribution in [0.2, 0.25) is 0 Å². The number of likely N-dealkylation sites (tertiary alicyclic amines) is 1. The molecule has 1 aromatic carbocycles. The van der Waals surface area contributed by atoms with E-state index in [1.165, 1.54) is 0 Å². The van der Waals surface area contributed by atoms with Gasteiger partial charge in [0.05, 0.1) is 24.5 Å². The smallest absolute Gasteiger partial charge is 0.220 e. The normalized spacial score (nSPS) is 17.5. The molecule has 5 heteroatoms. The molecule has 0 spiro atoms. The van der Waals surface area contributed by atoms with Gasteiger partial charge in [-0.05, 0) is 25.0 Å². The Kier molecular flexibility index (Phi) is 4.04. The van der Waals surface area contributed by atoms with Gasteiger partial charge in [-0.3, -0.25) is 14.8 Å². The molecule has 1 atom stereocenters. The Morgan fingerprint density at radius 3 is 2.82 bits per heavy atom. The Morgan fingerprint density at radius 1 is 1.27 bits per heavy atom. The summed E-state index contributed by atoms with van der Waals surface area (Å²) in [5.74, 6) is 0.843. The van der Waals surface area contributed by atoms with Crippen molar-refractivity contribution < 1.29 is 9.53 Å². The van der Waals surface area contributed by atoms with E-state index in [4.69, 9.17) is 4.74 Å². The average Bonchev–Trinajstić information content (AvgIpc) is 3.04. The summed E-state index contributed by atoms with van der Waals surface area (Å²) in [6.45, 7) is 2.39. The van der Waals surface area contributed by atoms with Gasteiger partial charge in [0, 0.05) is 31.4 Å². The van der Waals surface area contributed by atoms with E-state index in [-0.39, 0.29) is 11.9 Å². The molecule has 22 heavy (non-hydrogen) atoms. The second-order valence-electron chi connectivity index (χ2n) is 5.36. The lowest BCUT2D eigenvalue weighted by molar-refractivity contribution is -0.129. The van der Waals surface area contributed by atoms with E-state index in [1.807, 2.05) is 29.2 Å². The monoisotopic (exact) mass is 297 g/mol. The van der Waals surface area contributed by atoms with Crippen LogP contribution in [0.15, 0.2) is 36.7 Å². The lowest BCUT2D eigenvalue weighted by atomic mass is 10.0. The van der Waals surface area contributed by atoms with E-state index in [2.05, 4.69) is 9.97 Å². The maximum Gasteiger partial charge on any atom is 0.220 e. The maximum atomic E-state index is 11.9. The van der Waals surface area contributed by atoms with E-state index in [0.717, 1.165) is 42.1 Å². The zero-order chi connectivity index (χ0) is 15.5. The quantitative estimate of drug-likeness (QED) is 0.874. The van der Waals surface area contributed by atoms with Crippen LogP contribution >= 0.6 is 0 Å². The van der Waals surface area contributed by atoms with Crippen LogP contribution in [0.1, 0.15) is 31.5 Å². The topological polar surface area (TPSA) is 55.3 Å². The van der Waals surface area contributed by atoms with Crippen LogP contribution in [-0.2, 0) is 4.79 Å². The number of carbonyl (C=O) groups excluding carboxylic acids is 1. The SMILES string of the molecule is COc1ccccc1-c1nccnc1C1CCCN1C(C)=O. The van der Waals surface area contributed by atoms with Gasteiger partial charge in [-0.15, -0.1) is 0 Å². The molecule has 2 aromatic rings. The van der Waals surface area contributed by atoms with E-state index in [9.17, 15) is 4.79 Å². The van der Waals surface area contributed by atoms with Gasteiger partial charge in [0.25, 0.3) is 0 Å². The molecule has 5 nitrogen and oxygen atoms in total. The number of para-hydroxylation sites is 1. The fourth-order valence-corrected chi connectivity index (χ4v) is 3.07. The van der Waals surface area contributed by atoms with Crippen molar-refractivity contribution in [3.05, 3.63) is 42.4 Å². The van der Waals surface area contributed by atoms with Crippen LogP contribution in [0.5, 0.6) is 5.75 Å². The summed E-state index contributed by atoms with van der Waals surface area (Å²) in [6.07, 6.45) is 5.27. The van der Waals surface area contributed by atoms with Crippen molar-refractivity contribution in [3.63, 3.8) is 0 Å². The summed E-state index contributed by atoms with van der Waals surface area (Å²) in [4.78, 5) is 22.8. The third kappa shape index (κ3) is 2.54. The lowest BCUT2D eigenvalue weighted by Gasteiger charge is -2.24. The van der Waals surface area contributed by atoms with E-state index < -0.39 is 0 Å². The van der Waals surface area contributed by atoms with Gasteiger partial charge in [-0.1, -0.05) is 12.1 Å². The first-order valence-corrected chi connectivity index (χ1v) is 7.44. The minimum absolute atomic E-state index is 0.00823. The molecular weight excluding hydrogens is 278 g/mol. The largest absolute Gasteiger partial charge is 0.496 e. The minimum atomic E-state index is -0.00823. The number of amides is 1. The average molecular weight is 297 g/mol. The molecule has 1 amide bonds. The van der Waals surface area contributed by atoms with Crippen LogP contribution in [0.25, 0.3) is 11.3 Å². The number of methoxy groups -OCH3 is 1. The van der Waals surface area contributed by atoms with E-state index in [0.29, 0.717) is 0 Å². The maximum absolute atomic E-state index is 11.9. The highest BCUT2D eigenvalue weighted by atomic mass is 16.5. The molecule has 2 heterocycles. The van der Waals surface area contributed by atoms with Gasteiger partial charge in [0.15, 0.2) is 0 Å². The summed E-state index contributed by atoms with van der Waals surface area (Å²) in [5.41, 5.74) is 2.54. The van der Waals surface area contributed by atoms with Crippen molar-refractivity contribution in [2.24, 2.45) is 0 Å². The Bertz CT molecular complexity index is 687. The van der Waals surface area contributed by atoms with Gasteiger partial charge in [0.2, 0.25) is 5.91 Å². The van der Waals surface area contributed by atoms with Crippen LogP contribution in [-0.4, -0.2) is 34.4 Å². The van der Waals surface area contributed by atoms with E-state index >= 15 is 0 Å². The molecule has 1 aliphatic rings. The molecule has 114 valence electrons. The first-order valence-electron chi connectivity index (χ1n) is 7.44. The Morgan fingerprint density at radius 2 is 2.05 bits per heavy atom. The predicted octanol–water partition coefficient (Wildman–Crippen LogP) is 2.84. The van der Waals surface area contributed by atoms with Gasteiger partial charge in [0.1, 0.15) is 5.75 Å². The molecule has 0 radical (unpaired) electrons. The first-order chi connectivity index (χ1) is 10.7. The zero-order valence-corrected chi connectivity index (χ0v) is 12.8. The molecule has 1 fully saturated rings. The van der Waals surface area contributed by atoms with Crippen LogP contribution in [0, 0.1) is 0 Å². The van der Waals surface area contributed by atoms with Crippen molar-refractivity contribution in [1.29, 1.82) is 0 Å². The van der Waals surface area contributed by atoms with Crippen molar-refractivity contribution in [2.45, 2.75) is 25.8 Å². The third-order valence-electron chi connectivity index (χ3n) is 4.06. The molecular formula is C17H19N3O2. The van der Waals surface area contributed by atoms with Crippen molar-refractivity contribution in [1.82, 2.24) is 14.9 Å². The van der Waals surface area contributed by atoms with Gasteiger partial charge in [-0.2, -0.15) is 0 Å². The van der Waals surface area contributed by atoms with Crippen LogP contribution < -0.4 is 4.74 Å². The first kappa shape index (κ1) is 14.5. The zero-order valence-electron chi connectivity index (χ0n) is 12.8. The number of hydrogen-bond acceptors (Lipinski definition) is 4. The van der Waals surface area contributed by atoms with Crippen molar-refractivity contribution in [3.8, 4) is 17.0 Å². The summed E-state index contributed by atoms with van der Waals surface area (Å²) in [6, 6.07) is 7.75. The van der Waals surface area contributed by atoms with E-state index in [1.54, 1.807) is 26.4 Å². The number of rotatable bonds is 3. The Labute approximate surface area is 130 Å². The number of benzene rings is 1. The predicted molar refractivity (Wildman–Crippen MR) is 83.4 cm³/mol. The molecule has 3 rings (SSSR count). The van der Waals surface area contributed by atoms with Crippen LogP contribution in [0.3, 0.4) is 0 Å². The van der Waals surface area contributed by atoms with Crippen molar-refractivity contribution in [2.75, 3.05) is 13.7 Å². The molecule has 1 saturated heterocycles. The highest BCUT2D eigenvalue weighted by molar-refractivity contribution is 5.75. The summed E-state index contributed by atoms with van der Waals surface area (Å²) in [5, 5.41) is 0. The Balaban J connectivity index is 2.09. The number of aromatic nitrogens is 2. The third-order valence-corrected chi connectivity index (χ3v) is 4.06. The standard InChI is InChI=1S/C17H19N3O2/c1-12(21)20-11-5-7-14(20)17-16(18-9-10-19-17)13-6-3-4-8-15(13)22-2/h3-4,6,8-10,14H,5,7,11H2,1-2H3. The molecule has 0 saturated carbocycles. The number of carbonyl (C=O) groups is 1. The minimum Gasteiger partial charge on any atom is -0.496 e. The second kappa shape index (κ2) is 6.13. The molecule has 0 aliphatic carbocycles. The molecule has 1 aromatic heterocycles. The fraction of sp³-hybridized carbons (Fsp3) is 0.353. The summed E-state index contributed by atoms with van der Waals surface area (Å²) in [7, 11) is 1.65. The van der Waals surface area contributed by atoms with Gasteiger partial charge >= 0.3 is 0 Å². The summed E-state index contributed by atoms with van der Waals surface area (Å²) < 4.78 is 5.44. The highest BCUT2D eigenvalue weighted by Gasteiger charge is 2.31. The Hall–Kier alpha value is -2.43. The highest BCUT2D eigenvalue weighted by Crippen LogP contribution is 2.38. The van der Waals surface area contributed by atoms with Crippen LogP contribution in [0.4, 0.5) is 0 Å². The lowest BCUT2D eigenvalue weighted by Crippen LogP contribution is -2.29. The molecule has 1 aliphatic heterocycles. The number of hydrogen-bond donors (Lipinski definition) is 0. The molecule has 1 unspecified atom stereocenters.